The van der Waals surface area contributed by atoms with Crippen molar-refractivity contribution in [3.8, 4) is 0 Å². The van der Waals surface area contributed by atoms with Gasteiger partial charge in [-0.25, -0.2) is 8.42 Å². The second-order valence-electron chi connectivity index (χ2n) is 7.82. The maximum Gasteiger partial charge on any atom is 0.251 e. The van der Waals surface area contributed by atoms with Crippen molar-refractivity contribution >= 4 is 15.9 Å². The third-order valence-electron chi connectivity index (χ3n) is 6.08. The Morgan fingerprint density at radius 1 is 0.964 bits per heavy atom. The lowest BCUT2D eigenvalue weighted by Crippen LogP contribution is -2.45. The third kappa shape index (κ3) is 3.59. The Morgan fingerprint density at radius 3 is 2.32 bits per heavy atom. The molecule has 2 aromatic rings. The van der Waals surface area contributed by atoms with Gasteiger partial charge in [-0.05, 0) is 49.4 Å². The average Bonchev–Trinajstić information content (AvgIpc) is 3.24. The number of hydrogen-bond donors (Lipinski definition) is 1. The monoisotopic (exact) mass is 398 g/mol. The highest BCUT2D eigenvalue weighted by atomic mass is 32.2. The van der Waals surface area contributed by atoms with E-state index in [0.717, 1.165) is 32.1 Å². The predicted octanol–water partition coefficient (Wildman–Crippen LogP) is 3.32. The van der Waals surface area contributed by atoms with Crippen molar-refractivity contribution < 1.29 is 13.2 Å². The standard InChI is InChI=1S/C22H26N2O3S/c25-21(23-17-22(12-7-13-22)19-9-2-1-3-10-19)18-8-6-11-20(16-18)28(26,27)24-14-4-5-15-24/h1-3,6,8-11,16H,4-5,7,12-15,17H2,(H,23,25). The molecule has 1 aliphatic carbocycles. The van der Waals surface area contributed by atoms with Crippen LogP contribution in [0.2, 0.25) is 0 Å². The van der Waals surface area contributed by atoms with Gasteiger partial charge < -0.3 is 5.32 Å². The summed E-state index contributed by atoms with van der Waals surface area (Å²) in [7, 11) is -3.52. The van der Waals surface area contributed by atoms with E-state index >= 15 is 0 Å². The Balaban J connectivity index is 1.48. The quantitative estimate of drug-likeness (QED) is 0.812. The maximum atomic E-state index is 12.8. The Labute approximate surface area is 166 Å². The fourth-order valence-corrected chi connectivity index (χ4v) is 5.75. The molecule has 5 nitrogen and oxygen atoms in total. The molecule has 2 aromatic carbocycles. The molecule has 2 aliphatic rings. The molecule has 0 bridgehead atoms. The van der Waals surface area contributed by atoms with Crippen molar-refractivity contribution in [2.45, 2.75) is 42.4 Å². The first-order valence-electron chi connectivity index (χ1n) is 9.95. The van der Waals surface area contributed by atoms with E-state index in [1.165, 1.54) is 15.9 Å². The Hall–Kier alpha value is -2.18. The van der Waals surface area contributed by atoms with Gasteiger partial charge in [0.25, 0.3) is 5.91 Å². The first-order chi connectivity index (χ1) is 13.5. The largest absolute Gasteiger partial charge is 0.351 e. The smallest absolute Gasteiger partial charge is 0.251 e. The van der Waals surface area contributed by atoms with E-state index in [1.807, 2.05) is 18.2 Å². The molecule has 1 saturated carbocycles. The first kappa shape index (κ1) is 19.2. The highest BCUT2D eigenvalue weighted by Crippen LogP contribution is 2.43. The van der Waals surface area contributed by atoms with Gasteiger partial charge in [0.15, 0.2) is 0 Å². The zero-order valence-electron chi connectivity index (χ0n) is 15.9. The number of sulfonamides is 1. The van der Waals surface area contributed by atoms with Crippen molar-refractivity contribution in [3.05, 3.63) is 65.7 Å². The summed E-state index contributed by atoms with van der Waals surface area (Å²) in [4.78, 5) is 12.9. The van der Waals surface area contributed by atoms with Crippen molar-refractivity contribution in [3.63, 3.8) is 0 Å². The Bertz CT molecular complexity index is 947. The maximum absolute atomic E-state index is 12.8. The van der Waals surface area contributed by atoms with Crippen LogP contribution >= 0.6 is 0 Å². The van der Waals surface area contributed by atoms with Crippen LogP contribution in [0.15, 0.2) is 59.5 Å². The molecule has 6 heteroatoms. The highest BCUT2D eigenvalue weighted by molar-refractivity contribution is 7.89. The van der Waals surface area contributed by atoms with Gasteiger partial charge in [-0.15, -0.1) is 0 Å². The lowest BCUT2D eigenvalue weighted by molar-refractivity contribution is 0.0927. The molecule has 0 atom stereocenters. The minimum atomic E-state index is -3.52. The second kappa shape index (κ2) is 7.68. The van der Waals surface area contributed by atoms with Crippen molar-refractivity contribution in [2.75, 3.05) is 19.6 Å². The van der Waals surface area contributed by atoms with Crippen LogP contribution in [0.25, 0.3) is 0 Å². The normalized spacial score (nSPS) is 19.1. The fraction of sp³-hybridized carbons (Fsp3) is 0.409. The lowest BCUT2D eigenvalue weighted by Gasteiger charge is -2.42. The van der Waals surface area contributed by atoms with Gasteiger partial charge in [0.1, 0.15) is 0 Å². The summed E-state index contributed by atoms with van der Waals surface area (Å²) in [6, 6.07) is 16.7. The lowest BCUT2D eigenvalue weighted by atomic mass is 9.64. The number of carbonyl (C=O) groups excluding carboxylic acids is 1. The molecule has 148 valence electrons. The number of nitrogens with zero attached hydrogens (tertiary/aromatic N) is 1. The summed E-state index contributed by atoms with van der Waals surface area (Å²) in [6.45, 7) is 1.68. The molecule has 28 heavy (non-hydrogen) atoms. The van der Waals surface area contributed by atoms with Gasteiger partial charge in [0.05, 0.1) is 4.90 Å². The van der Waals surface area contributed by atoms with E-state index in [4.69, 9.17) is 0 Å². The molecule has 1 aliphatic heterocycles. The minimum Gasteiger partial charge on any atom is -0.351 e. The van der Waals surface area contributed by atoms with Gasteiger partial charge in [0.2, 0.25) is 10.0 Å². The highest BCUT2D eigenvalue weighted by Gasteiger charge is 2.38. The minimum absolute atomic E-state index is 0.00381. The Kier molecular flexibility index (Phi) is 5.25. The zero-order chi connectivity index (χ0) is 19.6. The van der Waals surface area contributed by atoms with Crippen LogP contribution in [-0.4, -0.2) is 38.3 Å². The van der Waals surface area contributed by atoms with Crippen LogP contribution in [0, 0.1) is 0 Å². The molecule has 0 radical (unpaired) electrons. The number of benzene rings is 2. The van der Waals surface area contributed by atoms with Crippen LogP contribution in [-0.2, 0) is 15.4 Å². The summed E-state index contributed by atoms with van der Waals surface area (Å²) >= 11 is 0. The molecule has 0 aromatic heterocycles. The van der Waals surface area contributed by atoms with Gasteiger partial charge in [-0.3, -0.25) is 4.79 Å². The number of nitrogens with one attached hydrogen (secondary N) is 1. The predicted molar refractivity (Wildman–Crippen MR) is 109 cm³/mol. The van der Waals surface area contributed by atoms with E-state index in [1.54, 1.807) is 18.2 Å². The summed E-state index contributed by atoms with van der Waals surface area (Å²) in [5, 5.41) is 3.04. The molecular formula is C22H26N2O3S. The summed E-state index contributed by atoms with van der Waals surface area (Å²) in [5.74, 6) is -0.222. The van der Waals surface area contributed by atoms with Crippen molar-refractivity contribution in [1.29, 1.82) is 0 Å². The molecular weight excluding hydrogens is 372 g/mol. The third-order valence-corrected chi connectivity index (χ3v) is 7.98. The van der Waals surface area contributed by atoms with E-state index in [2.05, 4.69) is 17.4 Å². The van der Waals surface area contributed by atoms with Gasteiger partial charge in [0, 0.05) is 30.6 Å². The molecule has 2 fully saturated rings. The van der Waals surface area contributed by atoms with Crippen LogP contribution in [0.5, 0.6) is 0 Å². The van der Waals surface area contributed by atoms with E-state index in [-0.39, 0.29) is 16.2 Å². The van der Waals surface area contributed by atoms with Gasteiger partial charge in [-0.1, -0.05) is 42.8 Å². The number of carbonyl (C=O) groups is 1. The van der Waals surface area contributed by atoms with Crippen LogP contribution in [0.3, 0.4) is 0 Å². The fourth-order valence-electron chi connectivity index (χ4n) is 4.19. The summed E-state index contributed by atoms with van der Waals surface area (Å²) in [5.41, 5.74) is 1.64. The van der Waals surface area contributed by atoms with Crippen molar-refractivity contribution in [2.24, 2.45) is 0 Å². The number of rotatable bonds is 6. The van der Waals surface area contributed by atoms with E-state index in [0.29, 0.717) is 25.2 Å². The second-order valence-corrected chi connectivity index (χ2v) is 9.76. The summed E-state index contributed by atoms with van der Waals surface area (Å²) < 4.78 is 27.0. The van der Waals surface area contributed by atoms with Gasteiger partial charge >= 0.3 is 0 Å². The topological polar surface area (TPSA) is 66.5 Å². The number of hydrogen-bond acceptors (Lipinski definition) is 3. The first-order valence-corrected chi connectivity index (χ1v) is 11.4. The van der Waals surface area contributed by atoms with Crippen LogP contribution in [0.1, 0.15) is 48.0 Å². The SMILES string of the molecule is O=C(NCC1(c2ccccc2)CCC1)c1cccc(S(=O)(=O)N2CCCC2)c1. The Morgan fingerprint density at radius 2 is 1.68 bits per heavy atom. The van der Waals surface area contributed by atoms with Gasteiger partial charge in [-0.2, -0.15) is 4.31 Å². The van der Waals surface area contributed by atoms with Crippen LogP contribution in [0.4, 0.5) is 0 Å². The molecule has 1 heterocycles. The molecule has 0 unspecified atom stereocenters. The van der Waals surface area contributed by atoms with E-state index in [9.17, 15) is 13.2 Å². The average molecular weight is 399 g/mol. The molecule has 0 spiro atoms. The molecule has 1 amide bonds. The van der Waals surface area contributed by atoms with Crippen LogP contribution < -0.4 is 5.32 Å². The molecule has 1 saturated heterocycles. The molecule has 1 N–H and O–H groups in total. The summed E-state index contributed by atoms with van der Waals surface area (Å²) in [6.07, 6.45) is 5.05. The van der Waals surface area contributed by atoms with E-state index < -0.39 is 10.0 Å². The number of amides is 1. The zero-order valence-corrected chi connectivity index (χ0v) is 16.7. The molecule has 4 rings (SSSR count). The van der Waals surface area contributed by atoms with Crippen molar-refractivity contribution in [1.82, 2.24) is 9.62 Å².